The third kappa shape index (κ3) is 3.35. The SMILES string of the molecule is CCNC(=O)NS(=O)(=O)c1ccc(C)cc1N. The minimum absolute atomic E-state index is 0.102. The second kappa shape index (κ2) is 5.05. The number of benzene rings is 1. The van der Waals surface area contributed by atoms with Crippen molar-refractivity contribution in [3.63, 3.8) is 0 Å². The van der Waals surface area contributed by atoms with Gasteiger partial charge in [-0.25, -0.2) is 17.9 Å². The summed E-state index contributed by atoms with van der Waals surface area (Å²) in [6.45, 7) is 3.82. The molecule has 94 valence electrons. The molecule has 2 amide bonds. The molecule has 0 aliphatic heterocycles. The van der Waals surface area contributed by atoms with Gasteiger partial charge in [0, 0.05) is 6.54 Å². The molecule has 0 aliphatic carbocycles. The number of rotatable bonds is 3. The number of hydrogen-bond acceptors (Lipinski definition) is 4. The Morgan fingerprint density at radius 3 is 2.59 bits per heavy atom. The van der Waals surface area contributed by atoms with Crippen molar-refractivity contribution in [3.8, 4) is 0 Å². The third-order valence-electron chi connectivity index (χ3n) is 2.02. The van der Waals surface area contributed by atoms with Gasteiger partial charge in [-0.3, -0.25) is 0 Å². The van der Waals surface area contributed by atoms with Crippen LogP contribution in [0.1, 0.15) is 12.5 Å². The van der Waals surface area contributed by atoms with E-state index in [9.17, 15) is 13.2 Å². The number of nitrogens with one attached hydrogen (secondary N) is 2. The molecule has 0 aromatic heterocycles. The molecule has 17 heavy (non-hydrogen) atoms. The summed E-state index contributed by atoms with van der Waals surface area (Å²) in [6, 6.07) is 3.74. The lowest BCUT2D eigenvalue weighted by Gasteiger charge is -2.09. The van der Waals surface area contributed by atoms with Gasteiger partial charge >= 0.3 is 6.03 Å². The molecule has 1 rings (SSSR count). The molecule has 0 radical (unpaired) electrons. The van der Waals surface area contributed by atoms with Crippen molar-refractivity contribution in [2.75, 3.05) is 12.3 Å². The summed E-state index contributed by atoms with van der Waals surface area (Å²) < 4.78 is 25.5. The quantitative estimate of drug-likeness (QED) is 0.689. The predicted molar refractivity (Wildman–Crippen MR) is 65.0 cm³/mol. The lowest BCUT2D eigenvalue weighted by molar-refractivity contribution is 0.246. The number of nitrogens with two attached hydrogens (primary N) is 1. The van der Waals surface area contributed by atoms with Crippen molar-refractivity contribution in [3.05, 3.63) is 23.8 Å². The molecule has 1 aromatic carbocycles. The van der Waals surface area contributed by atoms with Crippen LogP contribution in [0.25, 0.3) is 0 Å². The maximum Gasteiger partial charge on any atom is 0.328 e. The average Bonchev–Trinajstić information content (AvgIpc) is 2.15. The van der Waals surface area contributed by atoms with Gasteiger partial charge in [-0.2, -0.15) is 0 Å². The summed E-state index contributed by atoms with van der Waals surface area (Å²) in [5.41, 5.74) is 6.57. The first-order valence-electron chi connectivity index (χ1n) is 5.03. The zero-order valence-corrected chi connectivity index (χ0v) is 10.5. The first kappa shape index (κ1) is 13.3. The molecule has 4 N–H and O–H groups in total. The lowest BCUT2D eigenvalue weighted by Crippen LogP contribution is -2.39. The summed E-state index contributed by atoms with van der Waals surface area (Å²) in [5.74, 6) is 0. The minimum atomic E-state index is -3.92. The predicted octanol–water partition coefficient (Wildman–Crippen LogP) is 0.585. The zero-order chi connectivity index (χ0) is 13.1. The van der Waals surface area contributed by atoms with E-state index in [1.807, 2.05) is 4.72 Å². The fourth-order valence-electron chi connectivity index (χ4n) is 1.29. The summed E-state index contributed by atoms with van der Waals surface area (Å²) >= 11 is 0. The number of carbonyl (C=O) groups excluding carboxylic acids is 1. The van der Waals surface area contributed by atoms with E-state index in [1.54, 1.807) is 19.9 Å². The Balaban J connectivity index is 3.01. The molecule has 0 heterocycles. The number of anilines is 1. The van der Waals surface area contributed by atoms with E-state index in [0.717, 1.165) is 5.56 Å². The van der Waals surface area contributed by atoms with Gasteiger partial charge in [0.05, 0.1) is 5.69 Å². The fraction of sp³-hybridized carbons (Fsp3) is 0.300. The molecule has 0 fully saturated rings. The van der Waals surface area contributed by atoms with Crippen molar-refractivity contribution in [1.82, 2.24) is 10.0 Å². The van der Waals surface area contributed by atoms with E-state index in [1.165, 1.54) is 12.1 Å². The monoisotopic (exact) mass is 257 g/mol. The van der Waals surface area contributed by atoms with Gasteiger partial charge in [0.1, 0.15) is 4.90 Å². The van der Waals surface area contributed by atoms with Crippen LogP contribution in [0.5, 0.6) is 0 Å². The number of hydrogen-bond donors (Lipinski definition) is 3. The molecule has 1 aromatic rings. The van der Waals surface area contributed by atoms with E-state index in [0.29, 0.717) is 6.54 Å². The third-order valence-corrected chi connectivity index (χ3v) is 3.42. The van der Waals surface area contributed by atoms with Crippen LogP contribution in [-0.4, -0.2) is 21.0 Å². The number of urea groups is 1. The summed E-state index contributed by atoms with van der Waals surface area (Å²) in [7, 11) is -3.92. The second-order valence-corrected chi connectivity index (χ2v) is 5.16. The van der Waals surface area contributed by atoms with Crippen molar-refractivity contribution in [1.29, 1.82) is 0 Å². The van der Waals surface area contributed by atoms with Gasteiger partial charge in [0.25, 0.3) is 10.0 Å². The highest BCUT2D eigenvalue weighted by molar-refractivity contribution is 7.90. The number of aryl methyl sites for hydroxylation is 1. The van der Waals surface area contributed by atoms with Crippen LogP contribution >= 0.6 is 0 Å². The maximum atomic E-state index is 11.8. The standard InChI is InChI=1S/C10H15N3O3S/c1-3-12-10(14)13-17(15,16)9-5-4-7(2)6-8(9)11/h4-6H,3,11H2,1-2H3,(H2,12,13,14). The van der Waals surface area contributed by atoms with E-state index in [-0.39, 0.29) is 10.6 Å². The average molecular weight is 257 g/mol. The van der Waals surface area contributed by atoms with Crippen LogP contribution in [-0.2, 0) is 10.0 Å². The molecule has 0 saturated carbocycles. The summed E-state index contributed by atoms with van der Waals surface area (Å²) in [4.78, 5) is 11.1. The van der Waals surface area contributed by atoms with E-state index in [2.05, 4.69) is 5.32 Å². The Labute approximate surface area is 100 Å². The number of amides is 2. The number of nitrogen functional groups attached to an aromatic ring is 1. The Morgan fingerprint density at radius 1 is 1.41 bits per heavy atom. The van der Waals surface area contributed by atoms with Crippen LogP contribution in [0.15, 0.2) is 23.1 Å². The molecule has 7 heteroatoms. The molecule has 0 aliphatic rings. The molecule has 0 atom stereocenters. The van der Waals surface area contributed by atoms with Gasteiger partial charge in [0.2, 0.25) is 0 Å². The Kier molecular flexibility index (Phi) is 3.95. The van der Waals surface area contributed by atoms with Crippen LogP contribution in [0.3, 0.4) is 0 Å². The zero-order valence-electron chi connectivity index (χ0n) is 9.65. The van der Waals surface area contributed by atoms with Crippen molar-refractivity contribution in [2.24, 2.45) is 0 Å². The van der Waals surface area contributed by atoms with Crippen LogP contribution < -0.4 is 15.8 Å². The summed E-state index contributed by atoms with van der Waals surface area (Å²) in [6.07, 6.45) is 0. The number of sulfonamides is 1. The molecule has 0 unspecified atom stereocenters. The van der Waals surface area contributed by atoms with Gasteiger partial charge in [-0.1, -0.05) is 6.07 Å². The molecule has 6 nitrogen and oxygen atoms in total. The summed E-state index contributed by atoms with van der Waals surface area (Å²) in [5, 5.41) is 2.33. The van der Waals surface area contributed by atoms with Crippen molar-refractivity contribution >= 4 is 21.7 Å². The van der Waals surface area contributed by atoms with Crippen LogP contribution in [0.4, 0.5) is 10.5 Å². The van der Waals surface area contributed by atoms with E-state index in [4.69, 9.17) is 5.73 Å². The van der Waals surface area contributed by atoms with Gasteiger partial charge in [0.15, 0.2) is 0 Å². The Morgan fingerprint density at radius 2 is 2.06 bits per heavy atom. The smallest absolute Gasteiger partial charge is 0.328 e. The molecule has 0 bridgehead atoms. The van der Waals surface area contributed by atoms with Crippen LogP contribution in [0, 0.1) is 6.92 Å². The Bertz CT molecular complexity index is 526. The van der Waals surface area contributed by atoms with E-state index >= 15 is 0 Å². The first-order valence-corrected chi connectivity index (χ1v) is 6.52. The van der Waals surface area contributed by atoms with Crippen molar-refractivity contribution in [2.45, 2.75) is 18.7 Å². The number of carbonyl (C=O) groups is 1. The highest BCUT2D eigenvalue weighted by Crippen LogP contribution is 2.18. The molecular formula is C10H15N3O3S. The lowest BCUT2D eigenvalue weighted by atomic mass is 10.2. The largest absolute Gasteiger partial charge is 0.398 e. The van der Waals surface area contributed by atoms with Gasteiger partial charge in [-0.15, -0.1) is 0 Å². The highest BCUT2D eigenvalue weighted by atomic mass is 32.2. The first-order chi connectivity index (χ1) is 7.86. The fourth-order valence-corrected chi connectivity index (χ4v) is 2.33. The molecule has 0 spiro atoms. The van der Waals surface area contributed by atoms with Crippen LogP contribution in [0.2, 0.25) is 0 Å². The molecule has 0 saturated heterocycles. The maximum absolute atomic E-state index is 11.8. The normalized spacial score (nSPS) is 10.9. The highest BCUT2D eigenvalue weighted by Gasteiger charge is 2.19. The second-order valence-electron chi connectivity index (χ2n) is 3.51. The van der Waals surface area contributed by atoms with Gasteiger partial charge < -0.3 is 11.1 Å². The van der Waals surface area contributed by atoms with Gasteiger partial charge in [-0.05, 0) is 31.5 Å². The molecular weight excluding hydrogens is 242 g/mol. The Hall–Kier alpha value is -1.76. The van der Waals surface area contributed by atoms with E-state index < -0.39 is 16.1 Å². The topological polar surface area (TPSA) is 101 Å². The van der Waals surface area contributed by atoms with Crippen molar-refractivity contribution < 1.29 is 13.2 Å². The minimum Gasteiger partial charge on any atom is -0.398 e.